The Kier molecular flexibility index (Phi) is 8.97. The summed E-state index contributed by atoms with van der Waals surface area (Å²) in [4.78, 5) is 41.8. The number of nitrogens with one attached hydrogen (secondary N) is 1. The lowest BCUT2D eigenvalue weighted by Gasteiger charge is -2.25. The first-order chi connectivity index (χ1) is 14.7. The highest BCUT2D eigenvalue weighted by Gasteiger charge is 2.24. The zero-order chi connectivity index (χ0) is 23.1. The number of unbranched alkanes of at least 4 members (excludes halogenated alkanes) is 1. The topological polar surface area (TPSA) is 127 Å². The van der Waals surface area contributed by atoms with Crippen LogP contribution < -0.4 is 21.9 Å². The van der Waals surface area contributed by atoms with Gasteiger partial charge in [0.05, 0.1) is 11.4 Å². The van der Waals surface area contributed by atoms with Crippen molar-refractivity contribution in [2.45, 2.75) is 66.2 Å². The number of anilines is 2. The van der Waals surface area contributed by atoms with Gasteiger partial charge in [0.2, 0.25) is 5.91 Å². The first kappa shape index (κ1) is 24.8. The van der Waals surface area contributed by atoms with Crippen molar-refractivity contribution < 1.29 is 9.32 Å². The van der Waals surface area contributed by atoms with Crippen molar-refractivity contribution in [3.05, 3.63) is 37.9 Å². The molecule has 0 aliphatic carbocycles. The predicted molar refractivity (Wildman–Crippen MR) is 125 cm³/mol. The number of carbonyl (C=O) groups excluding carboxylic acids is 1. The number of hydrogen-bond donors (Lipinski definition) is 2. The minimum Gasteiger partial charge on any atom is -0.383 e. The lowest BCUT2D eigenvalue weighted by atomic mass is 10.1. The molecule has 0 aliphatic heterocycles. The number of H-pyrrole nitrogens is 1. The third-order valence-corrected chi connectivity index (χ3v) is 6.05. The Hall–Kier alpha value is -2.49. The van der Waals surface area contributed by atoms with E-state index in [1.807, 2.05) is 34.6 Å². The molecular weight excluding hydrogens is 418 g/mol. The van der Waals surface area contributed by atoms with Crippen LogP contribution in [-0.4, -0.2) is 32.9 Å². The van der Waals surface area contributed by atoms with E-state index in [2.05, 4.69) is 10.1 Å². The lowest BCUT2D eigenvalue weighted by molar-refractivity contribution is -0.116. The number of aryl methyl sites for hydroxylation is 2. The van der Waals surface area contributed by atoms with Gasteiger partial charge in [-0.2, -0.15) is 0 Å². The predicted octanol–water partition coefficient (Wildman–Crippen LogP) is 2.84. The minimum absolute atomic E-state index is 0.0371. The van der Waals surface area contributed by atoms with Gasteiger partial charge in [0.1, 0.15) is 11.6 Å². The van der Waals surface area contributed by atoms with E-state index in [-0.39, 0.29) is 23.2 Å². The van der Waals surface area contributed by atoms with Gasteiger partial charge in [-0.1, -0.05) is 32.3 Å². The molecule has 1 amide bonds. The smallest absolute Gasteiger partial charge is 0.330 e. The Morgan fingerprint density at radius 1 is 1.32 bits per heavy atom. The van der Waals surface area contributed by atoms with Gasteiger partial charge < -0.3 is 15.2 Å². The van der Waals surface area contributed by atoms with Gasteiger partial charge in [-0.15, -0.1) is 11.8 Å². The molecule has 0 spiro atoms. The number of nitrogen functional groups attached to an aromatic ring is 1. The molecule has 10 heteroatoms. The highest BCUT2D eigenvalue weighted by molar-refractivity contribution is 7.99. The Morgan fingerprint density at radius 2 is 2.03 bits per heavy atom. The number of amides is 1. The van der Waals surface area contributed by atoms with E-state index in [1.54, 1.807) is 0 Å². The summed E-state index contributed by atoms with van der Waals surface area (Å²) in [6.45, 7) is 10.5. The summed E-state index contributed by atoms with van der Waals surface area (Å²) in [5.74, 6) is 1.61. The molecule has 0 unspecified atom stereocenters. The van der Waals surface area contributed by atoms with Gasteiger partial charge in [0, 0.05) is 24.4 Å². The minimum atomic E-state index is -0.636. The molecule has 0 saturated heterocycles. The van der Waals surface area contributed by atoms with Crippen molar-refractivity contribution in [3.63, 3.8) is 0 Å². The molecule has 0 aliphatic rings. The van der Waals surface area contributed by atoms with E-state index < -0.39 is 11.2 Å². The molecule has 0 radical (unpaired) electrons. The monoisotopic (exact) mass is 451 g/mol. The van der Waals surface area contributed by atoms with Crippen LogP contribution in [0, 0.1) is 19.8 Å². The molecule has 0 atom stereocenters. The van der Waals surface area contributed by atoms with Crippen LogP contribution in [0.5, 0.6) is 0 Å². The second-order valence-electron chi connectivity index (χ2n) is 8.02. The molecule has 0 fully saturated rings. The third-order valence-electron chi connectivity index (χ3n) is 5.10. The quantitative estimate of drug-likeness (QED) is 0.538. The van der Waals surface area contributed by atoms with Crippen LogP contribution in [0.2, 0.25) is 0 Å². The number of aromatic nitrogens is 3. The summed E-state index contributed by atoms with van der Waals surface area (Å²) in [6.07, 6.45) is 2.31. The van der Waals surface area contributed by atoms with E-state index in [4.69, 9.17) is 10.3 Å². The largest absolute Gasteiger partial charge is 0.383 e. The van der Waals surface area contributed by atoms with Gasteiger partial charge in [-0.25, -0.2) is 4.79 Å². The van der Waals surface area contributed by atoms with Gasteiger partial charge in [0.15, 0.2) is 5.69 Å². The molecule has 2 aromatic rings. The highest BCUT2D eigenvalue weighted by atomic mass is 32.2. The molecular formula is C21H33N5O4S. The number of rotatable bonds is 11. The maximum atomic E-state index is 13.1. The van der Waals surface area contributed by atoms with E-state index in [9.17, 15) is 14.4 Å². The number of nitrogens with zero attached hydrogens (tertiary/aromatic N) is 3. The van der Waals surface area contributed by atoms with Gasteiger partial charge in [0.25, 0.3) is 5.56 Å². The zero-order valence-corrected chi connectivity index (χ0v) is 19.8. The fraction of sp³-hybridized carbons (Fsp3) is 0.619. The number of carbonyl (C=O) groups is 1. The summed E-state index contributed by atoms with van der Waals surface area (Å²) in [6, 6.07) is 0. The fourth-order valence-electron chi connectivity index (χ4n) is 3.15. The molecule has 2 rings (SSSR count). The Morgan fingerprint density at radius 3 is 2.61 bits per heavy atom. The van der Waals surface area contributed by atoms with Crippen molar-refractivity contribution in [2.75, 3.05) is 22.9 Å². The number of thioether (sulfide) groups is 1. The first-order valence-electron chi connectivity index (χ1n) is 10.6. The van der Waals surface area contributed by atoms with E-state index in [0.717, 1.165) is 29.9 Å². The summed E-state index contributed by atoms with van der Waals surface area (Å²) < 4.78 is 6.51. The van der Waals surface area contributed by atoms with Crippen LogP contribution in [0.4, 0.5) is 11.5 Å². The molecule has 3 N–H and O–H groups in total. The molecule has 31 heavy (non-hydrogen) atoms. The highest BCUT2D eigenvalue weighted by Crippen LogP contribution is 2.23. The first-order valence-corrected chi connectivity index (χ1v) is 11.7. The van der Waals surface area contributed by atoms with Crippen LogP contribution in [0.1, 0.15) is 57.1 Å². The summed E-state index contributed by atoms with van der Waals surface area (Å²) >= 11 is 1.42. The van der Waals surface area contributed by atoms with Crippen molar-refractivity contribution in [2.24, 2.45) is 5.92 Å². The average molecular weight is 452 g/mol. The van der Waals surface area contributed by atoms with Crippen molar-refractivity contribution >= 4 is 29.2 Å². The van der Waals surface area contributed by atoms with Crippen LogP contribution >= 0.6 is 11.8 Å². The number of aromatic amines is 1. The van der Waals surface area contributed by atoms with Gasteiger partial charge >= 0.3 is 5.69 Å². The van der Waals surface area contributed by atoms with E-state index in [0.29, 0.717) is 31.2 Å². The number of nitrogens with two attached hydrogens (primary N) is 1. The second kappa shape index (κ2) is 11.2. The summed E-state index contributed by atoms with van der Waals surface area (Å²) in [5, 5.41) is 3.93. The van der Waals surface area contributed by atoms with Crippen LogP contribution in [0.3, 0.4) is 0 Å². The van der Waals surface area contributed by atoms with E-state index in [1.165, 1.54) is 21.2 Å². The maximum absolute atomic E-state index is 13.1. The Labute approximate surface area is 186 Å². The van der Waals surface area contributed by atoms with Crippen molar-refractivity contribution in [3.8, 4) is 0 Å². The van der Waals surface area contributed by atoms with E-state index >= 15 is 0 Å². The van der Waals surface area contributed by atoms with Crippen molar-refractivity contribution in [1.82, 2.24) is 14.7 Å². The molecule has 9 nitrogen and oxygen atoms in total. The SMILES string of the molecule is CCCCn1c(N)c(N(CCC(C)C)C(=O)CSCc2c(C)noc2C)c(=O)[nH]c1=O. The van der Waals surface area contributed by atoms with Crippen LogP contribution in [-0.2, 0) is 17.1 Å². The number of hydrogen-bond acceptors (Lipinski definition) is 7. The van der Waals surface area contributed by atoms with Gasteiger partial charge in [-0.05, 0) is 32.6 Å². The normalized spacial score (nSPS) is 11.3. The van der Waals surface area contributed by atoms with Crippen LogP contribution in [0.15, 0.2) is 14.1 Å². The maximum Gasteiger partial charge on any atom is 0.330 e. The summed E-state index contributed by atoms with van der Waals surface area (Å²) in [7, 11) is 0. The molecule has 2 heterocycles. The van der Waals surface area contributed by atoms with Gasteiger partial charge in [-0.3, -0.25) is 19.1 Å². The Balaban J connectivity index is 2.29. The molecule has 172 valence electrons. The molecule has 2 aromatic heterocycles. The molecule has 0 aromatic carbocycles. The standard InChI is InChI=1S/C21H33N5O4S/c1-6-7-9-26-19(22)18(20(28)23-21(26)29)25(10-8-13(2)3)17(27)12-31-11-16-14(4)24-30-15(16)5/h13H,6-12,22H2,1-5H3,(H,23,28,29). The second-order valence-corrected chi connectivity index (χ2v) is 9.01. The molecule has 0 saturated carbocycles. The molecule has 0 bridgehead atoms. The average Bonchev–Trinajstić information content (AvgIpc) is 3.01. The Bertz CT molecular complexity index is 989. The van der Waals surface area contributed by atoms with Crippen molar-refractivity contribution in [1.29, 1.82) is 0 Å². The fourth-order valence-corrected chi connectivity index (χ4v) is 4.20. The zero-order valence-electron chi connectivity index (χ0n) is 19.0. The lowest BCUT2D eigenvalue weighted by Crippen LogP contribution is -2.42. The van der Waals surface area contributed by atoms with Crippen LogP contribution in [0.25, 0.3) is 0 Å². The summed E-state index contributed by atoms with van der Waals surface area (Å²) in [5.41, 5.74) is 6.88. The third kappa shape index (κ3) is 6.25.